The Morgan fingerprint density at radius 2 is 0.929 bits per heavy atom. The van der Waals surface area contributed by atoms with Gasteiger partial charge >= 0.3 is 0 Å². The molecule has 0 N–H and O–H groups in total. The maximum Gasteiger partial charge on any atom is 0.0979 e. The fraction of sp³-hybridized carbons (Fsp3) is 0. The van der Waals surface area contributed by atoms with Crippen molar-refractivity contribution in [2.75, 3.05) is 4.90 Å². The monoisotopic (exact) mass is 731 g/mol. The number of nitrogens with zero attached hydrogens (tertiary/aromatic N) is 3. The van der Waals surface area contributed by atoms with Gasteiger partial charge in [0, 0.05) is 53.7 Å². The Balaban J connectivity index is 1.16. The third-order valence-corrected chi connectivity index (χ3v) is 11.9. The van der Waals surface area contributed by atoms with Crippen molar-refractivity contribution in [1.29, 1.82) is 0 Å². The lowest BCUT2D eigenvalue weighted by atomic mass is 9.98. The third kappa shape index (κ3) is 5.50. The van der Waals surface area contributed by atoms with Gasteiger partial charge in [-0.3, -0.25) is 0 Å². The molecule has 0 amide bonds. The molecule has 0 atom stereocenters. The lowest BCUT2D eigenvalue weighted by Gasteiger charge is -2.26. The van der Waals surface area contributed by atoms with Crippen LogP contribution in [0.25, 0.3) is 86.4 Å². The summed E-state index contributed by atoms with van der Waals surface area (Å²) in [5, 5.41) is 7.11. The largest absolute Gasteiger partial charge is 0.310 e. The summed E-state index contributed by atoms with van der Waals surface area (Å²) >= 11 is 1.85. The van der Waals surface area contributed by atoms with Crippen molar-refractivity contribution in [3.05, 3.63) is 200 Å². The van der Waals surface area contributed by atoms with E-state index < -0.39 is 0 Å². The molecule has 9 aromatic carbocycles. The highest BCUT2D eigenvalue weighted by molar-refractivity contribution is 7.25. The number of fused-ring (bicyclic) bond motifs is 8. The van der Waals surface area contributed by atoms with Gasteiger partial charge in [-0.05, 0) is 75.8 Å². The first kappa shape index (κ1) is 32.3. The van der Waals surface area contributed by atoms with Crippen LogP contribution in [-0.2, 0) is 0 Å². The van der Waals surface area contributed by atoms with Gasteiger partial charge in [-0.2, -0.15) is 0 Å². The van der Waals surface area contributed by atoms with Crippen LogP contribution in [0.2, 0.25) is 0 Å². The summed E-state index contributed by atoms with van der Waals surface area (Å²) in [6.07, 6.45) is 0. The molecule has 0 bridgehead atoms. The maximum absolute atomic E-state index is 5.52. The Labute approximate surface area is 328 Å². The standard InChI is InChI=1S/C52H33N3S/c1-4-13-34(14-5-1)39-19-12-20-40(31-39)55(42-28-29-44-43-21-10-11-22-47(43)56-48(44)33-42)41-27-25-35-23-24-36-26-30-46-52(49(36)45(35)32-41)54-51(38-17-8-3-9-18-38)50(53-46)37-15-6-2-7-16-37/h1-33H. The van der Waals surface area contributed by atoms with Gasteiger partial charge in [0.25, 0.3) is 0 Å². The van der Waals surface area contributed by atoms with E-state index in [9.17, 15) is 0 Å². The molecule has 11 aromatic rings. The number of benzene rings is 9. The van der Waals surface area contributed by atoms with Crippen LogP contribution in [-0.4, -0.2) is 9.97 Å². The zero-order valence-electron chi connectivity index (χ0n) is 30.3. The summed E-state index contributed by atoms with van der Waals surface area (Å²) in [5.74, 6) is 0. The lowest BCUT2D eigenvalue weighted by Crippen LogP contribution is -2.10. The molecular weight excluding hydrogens is 699 g/mol. The predicted octanol–water partition coefficient (Wildman–Crippen LogP) is 14.8. The summed E-state index contributed by atoms with van der Waals surface area (Å²) in [6, 6.07) is 71.5. The van der Waals surface area contributed by atoms with E-state index in [1.54, 1.807) is 0 Å². The highest BCUT2D eigenvalue weighted by Gasteiger charge is 2.19. The molecule has 0 saturated heterocycles. The molecule has 56 heavy (non-hydrogen) atoms. The lowest BCUT2D eigenvalue weighted by molar-refractivity contribution is 1.29. The van der Waals surface area contributed by atoms with Crippen molar-refractivity contribution < 1.29 is 0 Å². The van der Waals surface area contributed by atoms with Crippen molar-refractivity contribution in [3.63, 3.8) is 0 Å². The van der Waals surface area contributed by atoms with Gasteiger partial charge in [-0.1, -0.05) is 152 Å². The summed E-state index contributed by atoms with van der Waals surface area (Å²) in [4.78, 5) is 13.3. The van der Waals surface area contributed by atoms with Crippen LogP contribution in [0.5, 0.6) is 0 Å². The molecule has 3 nitrogen and oxygen atoms in total. The Morgan fingerprint density at radius 3 is 1.71 bits per heavy atom. The predicted molar refractivity (Wildman–Crippen MR) is 238 cm³/mol. The minimum atomic E-state index is 0.872. The number of hydrogen-bond donors (Lipinski definition) is 0. The van der Waals surface area contributed by atoms with E-state index in [0.717, 1.165) is 72.2 Å². The van der Waals surface area contributed by atoms with Crippen LogP contribution in [0.15, 0.2) is 200 Å². The minimum absolute atomic E-state index is 0.872. The van der Waals surface area contributed by atoms with Crippen molar-refractivity contribution in [1.82, 2.24) is 9.97 Å². The van der Waals surface area contributed by atoms with Crippen LogP contribution in [0, 0.1) is 0 Å². The van der Waals surface area contributed by atoms with E-state index in [0.29, 0.717) is 0 Å². The average molecular weight is 732 g/mol. The van der Waals surface area contributed by atoms with Crippen LogP contribution in [0.1, 0.15) is 0 Å². The second-order valence-electron chi connectivity index (χ2n) is 14.2. The number of anilines is 3. The molecular formula is C52H33N3S. The van der Waals surface area contributed by atoms with Crippen molar-refractivity contribution >= 4 is 81.1 Å². The van der Waals surface area contributed by atoms with Crippen molar-refractivity contribution in [2.24, 2.45) is 0 Å². The molecule has 11 rings (SSSR count). The molecule has 0 aliphatic carbocycles. The molecule has 0 saturated carbocycles. The van der Waals surface area contributed by atoms with E-state index in [1.807, 2.05) is 23.5 Å². The van der Waals surface area contributed by atoms with Gasteiger partial charge in [0.15, 0.2) is 0 Å². The number of aromatic nitrogens is 2. The highest BCUT2D eigenvalue weighted by atomic mass is 32.1. The summed E-state index contributed by atoms with van der Waals surface area (Å²) < 4.78 is 2.57. The van der Waals surface area contributed by atoms with Crippen LogP contribution in [0.4, 0.5) is 17.1 Å². The molecule has 0 aliphatic rings. The van der Waals surface area contributed by atoms with Crippen LogP contribution in [0.3, 0.4) is 0 Å². The molecule has 0 spiro atoms. The summed E-state index contributed by atoms with van der Waals surface area (Å²) in [7, 11) is 0. The Kier molecular flexibility index (Phi) is 7.68. The molecule has 2 heterocycles. The van der Waals surface area contributed by atoms with Gasteiger partial charge in [0.05, 0.1) is 22.4 Å². The molecule has 0 radical (unpaired) electrons. The smallest absolute Gasteiger partial charge is 0.0979 e. The number of rotatable bonds is 6. The van der Waals surface area contributed by atoms with E-state index >= 15 is 0 Å². The average Bonchev–Trinajstić information content (AvgIpc) is 3.65. The van der Waals surface area contributed by atoms with Crippen molar-refractivity contribution in [2.45, 2.75) is 0 Å². The molecule has 2 aromatic heterocycles. The SMILES string of the molecule is c1ccc(-c2cccc(N(c3ccc4c(c3)sc3ccccc34)c3ccc4ccc5ccc6nc(-c7ccccc7)c(-c7ccccc7)nc6c5c4c3)c2)cc1. The molecule has 0 unspecified atom stereocenters. The van der Waals surface area contributed by atoms with Crippen LogP contribution < -0.4 is 4.90 Å². The Morgan fingerprint density at radius 1 is 0.357 bits per heavy atom. The molecule has 0 fully saturated rings. The van der Waals surface area contributed by atoms with Gasteiger partial charge < -0.3 is 4.90 Å². The second kappa shape index (κ2) is 13.3. The van der Waals surface area contributed by atoms with E-state index in [4.69, 9.17) is 9.97 Å². The minimum Gasteiger partial charge on any atom is -0.310 e. The van der Waals surface area contributed by atoms with Gasteiger partial charge in [-0.25, -0.2) is 9.97 Å². The molecule has 0 aliphatic heterocycles. The van der Waals surface area contributed by atoms with Gasteiger partial charge in [0.2, 0.25) is 0 Å². The quantitative estimate of drug-likeness (QED) is 0.159. The highest BCUT2D eigenvalue weighted by Crippen LogP contribution is 2.43. The molecule has 4 heteroatoms. The topological polar surface area (TPSA) is 29.0 Å². The normalized spacial score (nSPS) is 11.6. The zero-order chi connectivity index (χ0) is 37.0. The van der Waals surface area contributed by atoms with Gasteiger partial charge in [-0.15, -0.1) is 11.3 Å². The fourth-order valence-corrected chi connectivity index (χ4v) is 9.27. The fourth-order valence-electron chi connectivity index (χ4n) is 8.13. The summed E-state index contributed by atoms with van der Waals surface area (Å²) in [5.41, 5.74) is 11.2. The van der Waals surface area contributed by atoms with E-state index in [1.165, 1.54) is 31.3 Å². The number of hydrogen-bond acceptors (Lipinski definition) is 4. The van der Waals surface area contributed by atoms with E-state index in [2.05, 4.69) is 193 Å². The first-order valence-electron chi connectivity index (χ1n) is 18.9. The first-order chi connectivity index (χ1) is 27.7. The first-order valence-corrected chi connectivity index (χ1v) is 19.7. The van der Waals surface area contributed by atoms with Crippen LogP contribution >= 0.6 is 11.3 Å². The van der Waals surface area contributed by atoms with Crippen molar-refractivity contribution in [3.8, 4) is 33.6 Å². The molecule has 262 valence electrons. The third-order valence-electron chi connectivity index (χ3n) is 10.8. The Hall–Kier alpha value is -7.14. The van der Waals surface area contributed by atoms with Gasteiger partial charge in [0.1, 0.15) is 0 Å². The Bertz CT molecular complexity index is 3250. The second-order valence-corrected chi connectivity index (χ2v) is 15.3. The van der Waals surface area contributed by atoms with E-state index in [-0.39, 0.29) is 0 Å². The zero-order valence-corrected chi connectivity index (χ0v) is 31.1. The maximum atomic E-state index is 5.52. The summed E-state index contributed by atoms with van der Waals surface area (Å²) in [6.45, 7) is 0. The number of thiophene rings is 1.